The molecule has 0 unspecified atom stereocenters. The highest BCUT2D eigenvalue weighted by atomic mass is 19.4. The van der Waals surface area contributed by atoms with Crippen LogP contribution in [0.2, 0.25) is 0 Å². The minimum absolute atomic E-state index is 0.155. The van der Waals surface area contributed by atoms with Gasteiger partial charge in [0, 0.05) is 30.0 Å². The maximum atomic E-state index is 13.6. The van der Waals surface area contributed by atoms with E-state index in [2.05, 4.69) is 29.4 Å². The number of halogens is 3. The Morgan fingerprint density at radius 1 is 1.18 bits per heavy atom. The number of amides is 1. The quantitative estimate of drug-likeness (QED) is 0.431. The molecule has 2 aromatic rings. The summed E-state index contributed by atoms with van der Waals surface area (Å²) in [5, 5.41) is 11.5. The molecule has 0 radical (unpaired) electrons. The first kappa shape index (κ1) is 24.7. The minimum atomic E-state index is -4.40. The molecule has 1 N–H and O–H groups in total. The molecule has 1 aromatic heterocycles. The van der Waals surface area contributed by atoms with Crippen LogP contribution >= 0.6 is 0 Å². The summed E-state index contributed by atoms with van der Waals surface area (Å²) in [7, 11) is 0. The summed E-state index contributed by atoms with van der Waals surface area (Å²) in [6.07, 6.45) is -0.723. The van der Waals surface area contributed by atoms with E-state index in [-0.39, 0.29) is 18.4 Å². The molecule has 2 saturated carbocycles. The van der Waals surface area contributed by atoms with Gasteiger partial charge in [0.25, 0.3) is 0 Å². The number of aryl methyl sites for hydroxylation is 2. The largest absolute Gasteiger partial charge is 0.389 e. The second-order valence-electron chi connectivity index (χ2n) is 10.8. The number of hydrogen-bond donors (Lipinski definition) is 1. The van der Waals surface area contributed by atoms with E-state index in [0.29, 0.717) is 23.3 Å². The van der Waals surface area contributed by atoms with Crippen LogP contribution in [0.1, 0.15) is 99.4 Å². The van der Waals surface area contributed by atoms with Gasteiger partial charge in [0.1, 0.15) is 11.6 Å². The Labute approximate surface area is 199 Å². The number of aromatic nitrogens is 3. The van der Waals surface area contributed by atoms with Gasteiger partial charge < -0.3 is 9.88 Å². The van der Waals surface area contributed by atoms with Gasteiger partial charge in [-0.15, -0.1) is 10.2 Å². The average molecular weight is 477 g/mol. The Morgan fingerprint density at radius 3 is 2.47 bits per heavy atom. The molecule has 0 aliphatic heterocycles. The topological polar surface area (TPSA) is 59.8 Å². The highest BCUT2D eigenvalue weighted by Gasteiger charge is 2.42. The van der Waals surface area contributed by atoms with E-state index in [1.54, 1.807) is 6.07 Å². The molecule has 0 spiro atoms. The highest BCUT2D eigenvalue weighted by Crippen LogP contribution is 2.48. The monoisotopic (exact) mass is 476 g/mol. The van der Waals surface area contributed by atoms with E-state index in [1.807, 2.05) is 30.5 Å². The highest BCUT2D eigenvalue weighted by molar-refractivity contribution is 5.92. The van der Waals surface area contributed by atoms with E-state index in [4.69, 9.17) is 0 Å². The maximum absolute atomic E-state index is 13.6. The number of carbonyl (C=O) groups excluding carboxylic acids is 1. The van der Waals surface area contributed by atoms with Crippen molar-refractivity contribution in [3.05, 3.63) is 41.0 Å². The predicted molar refractivity (Wildman–Crippen MR) is 126 cm³/mol. The van der Waals surface area contributed by atoms with E-state index in [1.165, 1.54) is 0 Å². The molecular weight excluding hydrogens is 441 g/mol. The molecule has 1 aromatic carbocycles. The average Bonchev–Trinajstić information content (AvgIpc) is 3.43. The number of anilines is 1. The molecule has 186 valence electrons. The van der Waals surface area contributed by atoms with Crippen molar-refractivity contribution in [3.8, 4) is 0 Å². The summed E-state index contributed by atoms with van der Waals surface area (Å²) in [5.41, 5.74) is 2.56. The van der Waals surface area contributed by atoms with Crippen LogP contribution < -0.4 is 5.32 Å². The van der Waals surface area contributed by atoms with Crippen molar-refractivity contribution >= 4 is 11.6 Å². The second-order valence-corrected chi connectivity index (χ2v) is 10.8. The molecule has 2 fully saturated rings. The van der Waals surface area contributed by atoms with Crippen molar-refractivity contribution in [1.29, 1.82) is 0 Å². The van der Waals surface area contributed by atoms with Gasteiger partial charge in [-0.1, -0.05) is 31.5 Å². The number of nitrogens with zero attached hydrogens (tertiary/aromatic N) is 3. The number of alkyl halides is 3. The SMILES string of the molecule is Cc1ccc(NC(=O)C[C@H](CC(F)(F)F)c2nnc([C@H]3C[C@@H](CC(C)C)C3)n2C2CC2)c(C)c1. The summed E-state index contributed by atoms with van der Waals surface area (Å²) in [6.45, 7) is 8.25. The van der Waals surface area contributed by atoms with Crippen LogP contribution in [-0.4, -0.2) is 26.8 Å². The smallest absolute Gasteiger partial charge is 0.326 e. The third-order valence-electron chi connectivity index (χ3n) is 7.00. The van der Waals surface area contributed by atoms with Gasteiger partial charge in [-0.2, -0.15) is 13.2 Å². The maximum Gasteiger partial charge on any atom is 0.389 e. The van der Waals surface area contributed by atoms with Gasteiger partial charge in [-0.25, -0.2) is 0 Å². The van der Waals surface area contributed by atoms with Crippen molar-refractivity contribution in [2.45, 2.75) is 96.7 Å². The zero-order valence-electron chi connectivity index (χ0n) is 20.5. The third kappa shape index (κ3) is 5.99. The molecule has 1 heterocycles. The number of rotatable bonds is 9. The van der Waals surface area contributed by atoms with Gasteiger partial charge in [0.05, 0.1) is 6.42 Å². The Hall–Kier alpha value is -2.38. The number of hydrogen-bond acceptors (Lipinski definition) is 3. The molecule has 5 nitrogen and oxygen atoms in total. The van der Waals surface area contributed by atoms with E-state index in [9.17, 15) is 18.0 Å². The lowest BCUT2D eigenvalue weighted by atomic mass is 9.71. The van der Waals surface area contributed by atoms with Gasteiger partial charge in [-0.05, 0) is 69.4 Å². The van der Waals surface area contributed by atoms with Gasteiger partial charge in [-0.3, -0.25) is 4.79 Å². The molecule has 34 heavy (non-hydrogen) atoms. The molecule has 1 amide bonds. The number of benzene rings is 1. The lowest BCUT2D eigenvalue weighted by Crippen LogP contribution is -2.27. The second kappa shape index (κ2) is 9.70. The van der Waals surface area contributed by atoms with Gasteiger partial charge in [0.2, 0.25) is 5.91 Å². The third-order valence-corrected chi connectivity index (χ3v) is 7.00. The van der Waals surface area contributed by atoms with Crippen molar-refractivity contribution in [2.75, 3.05) is 5.32 Å². The summed E-state index contributed by atoms with van der Waals surface area (Å²) < 4.78 is 42.6. The molecule has 2 aliphatic carbocycles. The summed E-state index contributed by atoms with van der Waals surface area (Å²) in [5.74, 6) is 1.17. The van der Waals surface area contributed by atoms with Gasteiger partial charge >= 0.3 is 6.18 Å². The van der Waals surface area contributed by atoms with Crippen LogP contribution in [0.5, 0.6) is 0 Å². The lowest BCUT2D eigenvalue weighted by molar-refractivity contribution is -0.140. The van der Waals surface area contributed by atoms with Crippen LogP contribution in [-0.2, 0) is 4.79 Å². The van der Waals surface area contributed by atoms with Crippen LogP contribution in [0.3, 0.4) is 0 Å². The Morgan fingerprint density at radius 2 is 1.88 bits per heavy atom. The van der Waals surface area contributed by atoms with Crippen molar-refractivity contribution < 1.29 is 18.0 Å². The zero-order valence-corrected chi connectivity index (χ0v) is 20.5. The normalized spacial score (nSPS) is 21.4. The Bertz CT molecular complexity index is 1020. The van der Waals surface area contributed by atoms with Crippen molar-refractivity contribution in [1.82, 2.24) is 14.8 Å². The predicted octanol–water partition coefficient (Wildman–Crippen LogP) is 6.83. The standard InChI is InChI=1S/C26H35F3N4O/c1-15(2)9-18-11-19(12-18)24-31-32-25(33(24)21-6-7-21)20(14-26(27,28)29)13-23(34)30-22-8-5-16(3)10-17(22)4/h5,8,10,15,18-21H,6-7,9,11-14H2,1-4H3,(H,30,34)/t18-,19+,20-/m1/s1. The number of nitrogens with one attached hydrogen (secondary N) is 1. The van der Waals surface area contributed by atoms with E-state index in [0.717, 1.165) is 49.1 Å². The zero-order chi connectivity index (χ0) is 24.6. The van der Waals surface area contributed by atoms with Crippen LogP contribution in [0, 0.1) is 25.7 Å². The van der Waals surface area contributed by atoms with Crippen LogP contribution in [0.15, 0.2) is 18.2 Å². The molecule has 4 rings (SSSR count). The lowest BCUT2D eigenvalue weighted by Gasteiger charge is -2.36. The fourth-order valence-electron chi connectivity index (χ4n) is 5.30. The molecule has 8 heteroatoms. The minimum Gasteiger partial charge on any atom is -0.326 e. The summed E-state index contributed by atoms with van der Waals surface area (Å²) in [4.78, 5) is 12.8. The summed E-state index contributed by atoms with van der Waals surface area (Å²) >= 11 is 0. The molecule has 0 saturated heterocycles. The molecule has 0 bridgehead atoms. The van der Waals surface area contributed by atoms with Crippen molar-refractivity contribution in [2.24, 2.45) is 11.8 Å². The van der Waals surface area contributed by atoms with Crippen molar-refractivity contribution in [3.63, 3.8) is 0 Å². The molecule has 2 aliphatic rings. The molecule has 1 atom stereocenters. The molecular formula is C26H35F3N4O. The van der Waals surface area contributed by atoms with Gasteiger partial charge in [0.15, 0.2) is 0 Å². The fourth-order valence-corrected chi connectivity index (χ4v) is 5.30. The summed E-state index contributed by atoms with van der Waals surface area (Å²) in [6, 6.07) is 5.75. The van der Waals surface area contributed by atoms with E-state index >= 15 is 0 Å². The first-order valence-electron chi connectivity index (χ1n) is 12.4. The van der Waals surface area contributed by atoms with E-state index < -0.39 is 24.4 Å². The Kier molecular flexibility index (Phi) is 7.06. The van der Waals surface area contributed by atoms with Crippen LogP contribution in [0.4, 0.5) is 18.9 Å². The first-order valence-corrected chi connectivity index (χ1v) is 12.4. The number of carbonyl (C=O) groups is 1. The van der Waals surface area contributed by atoms with Crippen LogP contribution in [0.25, 0.3) is 0 Å². The Balaban J connectivity index is 1.54. The first-order chi connectivity index (χ1) is 16.0. The fraction of sp³-hybridized carbons (Fsp3) is 0.654.